The van der Waals surface area contributed by atoms with Crippen molar-refractivity contribution in [2.45, 2.75) is 20.3 Å². The van der Waals surface area contributed by atoms with Crippen LogP contribution in [0.2, 0.25) is 0 Å². The third kappa shape index (κ3) is 2.86. The van der Waals surface area contributed by atoms with Gasteiger partial charge in [0.25, 0.3) is 0 Å². The molecule has 1 aromatic rings. The van der Waals surface area contributed by atoms with Crippen LogP contribution in [-0.2, 0) is 9.59 Å². The zero-order valence-electron chi connectivity index (χ0n) is 13.3. The summed E-state index contributed by atoms with van der Waals surface area (Å²) in [5, 5.41) is 3.23. The zero-order chi connectivity index (χ0) is 15.7. The van der Waals surface area contributed by atoms with Crippen molar-refractivity contribution in [3.8, 4) is 0 Å². The van der Waals surface area contributed by atoms with E-state index in [-0.39, 0.29) is 11.8 Å². The number of benzene rings is 1. The fraction of sp³-hybridized carbons (Fsp3) is 0.529. The van der Waals surface area contributed by atoms with E-state index in [1.807, 2.05) is 30.9 Å². The molecular weight excluding hydrogens is 278 g/mol. The number of amides is 2. The number of nitrogens with zero attached hydrogens (tertiary/aromatic N) is 2. The van der Waals surface area contributed by atoms with Crippen LogP contribution in [0, 0.1) is 19.8 Å². The monoisotopic (exact) mass is 301 g/mol. The molecule has 2 aliphatic heterocycles. The molecule has 1 aromatic carbocycles. The molecule has 2 amide bonds. The van der Waals surface area contributed by atoms with Gasteiger partial charge in [-0.2, -0.15) is 0 Å². The van der Waals surface area contributed by atoms with Crippen LogP contribution in [0.4, 0.5) is 5.69 Å². The minimum atomic E-state index is -0.501. The molecule has 0 saturated carbocycles. The van der Waals surface area contributed by atoms with E-state index in [0.717, 1.165) is 29.9 Å². The van der Waals surface area contributed by atoms with Gasteiger partial charge in [-0.25, -0.2) is 0 Å². The minimum absolute atomic E-state index is 0.00150. The molecule has 5 nitrogen and oxygen atoms in total. The fourth-order valence-electron chi connectivity index (χ4n) is 3.38. The van der Waals surface area contributed by atoms with Crippen molar-refractivity contribution in [2.24, 2.45) is 5.92 Å². The van der Waals surface area contributed by atoms with Gasteiger partial charge in [0, 0.05) is 38.4 Å². The maximum Gasteiger partial charge on any atom is 0.239 e. The number of aryl methyl sites for hydroxylation is 2. The summed E-state index contributed by atoms with van der Waals surface area (Å²) in [6.07, 6.45) is 0.620. The molecule has 1 N–H and O–H groups in total. The van der Waals surface area contributed by atoms with Crippen LogP contribution in [0.1, 0.15) is 17.5 Å². The minimum Gasteiger partial charge on any atom is -0.339 e. The number of hydrogen-bond acceptors (Lipinski definition) is 3. The third-order valence-electron chi connectivity index (χ3n) is 4.45. The molecule has 0 aliphatic carbocycles. The van der Waals surface area contributed by atoms with Crippen molar-refractivity contribution in [3.05, 3.63) is 29.3 Å². The highest BCUT2D eigenvalue weighted by Crippen LogP contribution is 2.28. The largest absolute Gasteiger partial charge is 0.339 e. The fourth-order valence-corrected chi connectivity index (χ4v) is 3.38. The van der Waals surface area contributed by atoms with Gasteiger partial charge >= 0.3 is 0 Å². The summed E-state index contributed by atoms with van der Waals surface area (Å²) in [5.74, 6) is -0.550. The van der Waals surface area contributed by atoms with Crippen molar-refractivity contribution in [1.29, 1.82) is 0 Å². The number of piperazine rings is 1. The first-order valence-corrected chi connectivity index (χ1v) is 7.95. The van der Waals surface area contributed by atoms with E-state index in [0.29, 0.717) is 26.1 Å². The van der Waals surface area contributed by atoms with Gasteiger partial charge in [-0.15, -0.1) is 0 Å². The van der Waals surface area contributed by atoms with Crippen molar-refractivity contribution in [1.82, 2.24) is 10.2 Å². The average molecular weight is 301 g/mol. The molecule has 5 heteroatoms. The van der Waals surface area contributed by atoms with Crippen molar-refractivity contribution in [2.75, 3.05) is 37.6 Å². The van der Waals surface area contributed by atoms with Crippen molar-refractivity contribution in [3.63, 3.8) is 0 Å². The molecule has 2 fully saturated rings. The highest BCUT2D eigenvalue weighted by molar-refractivity contribution is 6.09. The van der Waals surface area contributed by atoms with Gasteiger partial charge in [-0.1, -0.05) is 6.07 Å². The smallest absolute Gasteiger partial charge is 0.239 e. The summed E-state index contributed by atoms with van der Waals surface area (Å²) in [5.41, 5.74) is 3.19. The Morgan fingerprint density at radius 2 is 1.73 bits per heavy atom. The lowest BCUT2D eigenvalue weighted by molar-refractivity contribution is -0.140. The Hall–Kier alpha value is -1.88. The Bertz CT molecular complexity index is 573. The summed E-state index contributed by atoms with van der Waals surface area (Å²) < 4.78 is 0. The number of hydrogen-bond donors (Lipinski definition) is 1. The van der Waals surface area contributed by atoms with Gasteiger partial charge in [0.05, 0.1) is 0 Å². The van der Waals surface area contributed by atoms with Gasteiger partial charge < -0.3 is 15.1 Å². The Morgan fingerprint density at radius 3 is 2.36 bits per heavy atom. The van der Waals surface area contributed by atoms with Gasteiger partial charge in [0.2, 0.25) is 11.8 Å². The maximum atomic E-state index is 12.7. The van der Waals surface area contributed by atoms with Crippen LogP contribution in [0.5, 0.6) is 0 Å². The zero-order valence-corrected chi connectivity index (χ0v) is 13.3. The lowest BCUT2D eigenvalue weighted by Gasteiger charge is -2.29. The van der Waals surface area contributed by atoms with Crippen LogP contribution in [-0.4, -0.2) is 49.4 Å². The maximum absolute atomic E-state index is 12.7. The molecule has 0 aromatic heterocycles. The average Bonchev–Trinajstić information content (AvgIpc) is 2.88. The number of rotatable bonds is 2. The molecule has 2 heterocycles. The first kappa shape index (κ1) is 15.0. The van der Waals surface area contributed by atoms with Crippen LogP contribution < -0.4 is 10.2 Å². The summed E-state index contributed by atoms with van der Waals surface area (Å²) in [6, 6.07) is 6.12. The quantitative estimate of drug-likeness (QED) is 0.832. The molecular formula is C17H23N3O2. The highest BCUT2D eigenvalue weighted by Gasteiger charge is 2.39. The van der Waals surface area contributed by atoms with Crippen LogP contribution >= 0.6 is 0 Å². The van der Waals surface area contributed by atoms with E-state index < -0.39 is 5.92 Å². The molecule has 0 spiro atoms. The number of anilines is 1. The van der Waals surface area contributed by atoms with E-state index in [2.05, 4.69) is 11.4 Å². The molecule has 0 radical (unpaired) electrons. The van der Waals surface area contributed by atoms with Gasteiger partial charge in [-0.3, -0.25) is 9.59 Å². The lowest BCUT2D eigenvalue weighted by Crippen LogP contribution is -2.49. The van der Waals surface area contributed by atoms with Gasteiger partial charge in [0.1, 0.15) is 5.92 Å². The first-order valence-electron chi connectivity index (χ1n) is 7.95. The van der Waals surface area contributed by atoms with E-state index in [1.54, 1.807) is 4.90 Å². The standard InChI is InChI=1S/C17H23N3O2/c1-12-9-13(2)11-14(10-12)20-6-3-15(17(20)22)16(21)19-7-4-18-5-8-19/h9-11,15,18H,3-8H2,1-2H3. The van der Waals surface area contributed by atoms with Gasteiger partial charge in [0.15, 0.2) is 0 Å². The Labute approximate surface area is 131 Å². The van der Waals surface area contributed by atoms with E-state index in [9.17, 15) is 9.59 Å². The molecule has 2 saturated heterocycles. The van der Waals surface area contributed by atoms with E-state index in [1.165, 1.54) is 0 Å². The summed E-state index contributed by atoms with van der Waals surface area (Å²) >= 11 is 0. The van der Waals surface area contributed by atoms with Crippen molar-refractivity contribution >= 4 is 17.5 Å². The van der Waals surface area contributed by atoms with Gasteiger partial charge in [-0.05, 0) is 43.5 Å². The number of nitrogens with one attached hydrogen (secondary N) is 1. The molecule has 22 heavy (non-hydrogen) atoms. The van der Waals surface area contributed by atoms with Crippen LogP contribution in [0.25, 0.3) is 0 Å². The van der Waals surface area contributed by atoms with Crippen LogP contribution in [0.15, 0.2) is 18.2 Å². The third-order valence-corrected chi connectivity index (χ3v) is 4.45. The molecule has 118 valence electrons. The predicted molar refractivity (Wildman–Crippen MR) is 85.8 cm³/mol. The number of carbonyl (C=O) groups is 2. The molecule has 1 atom stereocenters. The van der Waals surface area contributed by atoms with Crippen molar-refractivity contribution < 1.29 is 9.59 Å². The lowest BCUT2D eigenvalue weighted by atomic mass is 10.1. The van der Waals surface area contributed by atoms with E-state index >= 15 is 0 Å². The summed E-state index contributed by atoms with van der Waals surface area (Å²) in [7, 11) is 0. The first-order chi connectivity index (χ1) is 10.6. The normalized spacial score (nSPS) is 22.3. The van der Waals surface area contributed by atoms with E-state index in [4.69, 9.17) is 0 Å². The predicted octanol–water partition coefficient (Wildman–Crippen LogP) is 1.09. The summed E-state index contributed by atoms with van der Waals surface area (Å²) in [6.45, 7) is 7.71. The Kier molecular flexibility index (Phi) is 4.16. The van der Waals surface area contributed by atoms with Crippen LogP contribution in [0.3, 0.4) is 0 Å². The molecule has 0 bridgehead atoms. The summed E-state index contributed by atoms with van der Waals surface area (Å²) in [4.78, 5) is 28.8. The highest BCUT2D eigenvalue weighted by atomic mass is 16.2. The Morgan fingerprint density at radius 1 is 1.09 bits per heavy atom. The molecule has 3 rings (SSSR count). The molecule has 2 aliphatic rings. The second kappa shape index (κ2) is 6.08. The molecule has 1 unspecified atom stereocenters. The SMILES string of the molecule is Cc1cc(C)cc(N2CCC(C(=O)N3CCNCC3)C2=O)c1. The number of carbonyl (C=O) groups excluding carboxylic acids is 2. The topological polar surface area (TPSA) is 52.7 Å². The Balaban J connectivity index is 1.75. The second-order valence-electron chi connectivity index (χ2n) is 6.25. The second-order valence-corrected chi connectivity index (χ2v) is 6.25.